The summed E-state index contributed by atoms with van der Waals surface area (Å²) < 4.78 is 0. The van der Waals surface area contributed by atoms with E-state index in [-0.39, 0.29) is 22.5 Å². The highest BCUT2D eigenvalue weighted by Gasteiger charge is 2.17. The molecule has 1 unspecified atom stereocenters. The van der Waals surface area contributed by atoms with Gasteiger partial charge in [0.2, 0.25) is 11.8 Å². The quantitative estimate of drug-likeness (QED) is 0.648. The third-order valence-corrected chi connectivity index (χ3v) is 4.94. The summed E-state index contributed by atoms with van der Waals surface area (Å²) in [7, 11) is 0. The summed E-state index contributed by atoms with van der Waals surface area (Å²) in [5.41, 5.74) is 2.69. The molecule has 0 saturated carbocycles. The topological polar surface area (TPSA) is 58.2 Å². The minimum absolute atomic E-state index is 0.00810. The molecule has 0 heterocycles. The van der Waals surface area contributed by atoms with E-state index in [1.165, 1.54) is 11.8 Å². The SMILES string of the molecule is Cc1ccc(NC(=O)C(C)Sc2ccc(NC(=O)CC(C)(C)C)cc2)cc1. The lowest BCUT2D eigenvalue weighted by Crippen LogP contribution is -2.22. The Labute approximate surface area is 166 Å². The molecule has 0 aromatic heterocycles. The Kier molecular flexibility index (Phi) is 7.08. The van der Waals surface area contributed by atoms with E-state index in [9.17, 15) is 9.59 Å². The van der Waals surface area contributed by atoms with Gasteiger partial charge in [-0.2, -0.15) is 0 Å². The first-order valence-electron chi connectivity index (χ1n) is 9.06. The second-order valence-corrected chi connectivity index (χ2v) is 9.34. The fourth-order valence-corrected chi connectivity index (χ4v) is 3.31. The first-order valence-corrected chi connectivity index (χ1v) is 9.94. The molecule has 0 spiro atoms. The van der Waals surface area contributed by atoms with Crippen LogP contribution in [0.5, 0.6) is 0 Å². The van der Waals surface area contributed by atoms with Gasteiger partial charge in [0.25, 0.3) is 0 Å². The van der Waals surface area contributed by atoms with Crippen molar-refractivity contribution in [2.75, 3.05) is 10.6 Å². The third-order valence-electron chi connectivity index (χ3n) is 3.83. The standard InChI is InChI=1S/C22H28N2O2S/c1-15-6-8-18(9-7-15)24-21(26)16(2)27-19-12-10-17(11-13-19)23-20(25)14-22(3,4)5/h6-13,16H,14H2,1-5H3,(H,23,25)(H,24,26). The van der Waals surface area contributed by atoms with Crippen LogP contribution < -0.4 is 10.6 Å². The van der Waals surface area contributed by atoms with Crippen LogP contribution in [0.4, 0.5) is 11.4 Å². The van der Waals surface area contributed by atoms with E-state index in [0.29, 0.717) is 6.42 Å². The van der Waals surface area contributed by atoms with Gasteiger partial charge in [-0.3, -0.25) is 9.59 Å². The zero-order chi connectivity index (χ0) is 20.0. The van der Waals surface area contributed by atoms with Gasteiger partial charge in [0.1, 0.15) is 0 Å². The zero-order valence-electron chi connectivity index (χ0n) is 16.6. The predicted octanol–water partition coefficient (Wildman–Crippen LogP) is 5.49. The summed E-state index contributed by atoms with van der Waals surface area (Å²) in [4.78, 5) is 25.3. The number of nitrogens with one attached hydrogen (secondary N) is 2. The molecule has 2 aromatic rings. The molecule has 1 atom stereocenters. The highest BCUT2D eigenvalue weighted by molar-refractivity contribution is 8.00. The fourth-order valence-electron chi connectivity index (χ4n) is 2.44. The third kappa shape index (κ3) is 7.47. The van der Waals surface area contributed by atoms with Crippen molar-refractivity contribution in [2.45, 2.75) is 51.2 Å². The Balaban J connectivity index is 1.88. The molecule has 0 aliphatic heterocycles. The summed E-state index contributed by atoms with van der Waals surface area (Å²) in [5, 5.41) is 5.61. The first kappa shape index (κ1) is 21.0. The average Bonchev–Trinajstić information content (AvgIpc) is 2.57. The Morgan fingerprint density at radius 2 is 1.44 bits per heavy atom. The molecule has 0 fully saturated rings. The fraction of sp³-hybridized carbons (Fsp3) is 0.364. The molecule has 2 aromatic carbocycles. The Morgan fingerprint density at radius 1 is 0.926 bits per heavy atom. The van der Waals surface area contributed by atoms with Gasteiger partial charge in [-0.15, -0.1) is 11.8 Å². The van der Waals surface area contributed by atoms with Gasteiger partial charge < -0.3 is 10.6 Å². The van der Waals surface area contributed by atoms with Crippen molar-refractivity contribution in [3.05, 3.63) is 54.1 Å². The van der Waals surface area contributed by atoms with Crippen molar-refractivity contribution in [1.82, 2.24) is 0 Å². The number of carbonyl (C=O) groups is 2. The van der Waals surface area contributed by atoms with Crippen LogP contribution in [0.1, 0.15) is 39.7 Å². The maximum atomic E-state index is 12.4. The maximum absolute atomic E-state index is 12.4. The number of carbonyl (C=O) groups excluding carboxylic acids is 2. The van der Waals surface area contributed by atoms with Crippen LogP contribution in [-0.2, 0) is 9.59 Å². The lowest BCUT2D eigenvalue weighted by Gasteiger charge is -2.17. The van der Waals surface area contributed by atoms with Crippen LogP contribution in [0.15, 0.2) is 53.4 Å². The molecule has 0 radical (unpaired) electrons. The Hall–Kier alpha value is -2.27. The number of amides is 2. The van der Waals surface area contributed by atoms with Crippen LogP contribution in [0, 0.1) is 12.3 Å². The second kappa shape index (κ2) is 9.09. The van der Waals surface area contributed by atoms with Gasteiger partial charge in [-0.1, -0.05) is 38.5 Å². The van der Waals surface area contributed by atoms with Crippen molar-refractivity contribution in [3.8, 4) is 0 Å². The molecule has 0 aliphatic rings. The summed E-state index contributed by atoms with van der Waals surface area (Å²) in [6.45, 7) is 10.0. The van der Waals surface area contributed by atoms with Crippen LogP contribution >= 0.6 is 11.8 Å². The molecular formula is C22H28N2O2S. The summed E-state index contributed by atoms with van der Waals surface area (Å²) in [5.74, 6) is -0.0276. The average molecular weight is 385 g/mol. The minimum Gasteiger partial charge on any atom is -0.326 e. The molecule has 27 heavy (non-hydrogen) atoms. The van der Waals surface area contributed by atoms with Crippen molar-refractivity contribution in [3.63, 3.8) is 0 Å². The summed E-state index contributed by atoms with van der Waals surface area (Å²) in [6.07, 6.45) is 0.472. The van der Waals surface area contributed by atoms with Gasteiger partial charge in [0, 0.05) is 22.7 Å². The van der Waals surface area contributed by atoms with Crippen molar-refractivity contribution in [1.29, 1.82) is 0 Å². The van der Waals surface area contributed by atoms with E-state index in [1.54, 1.807) is 0 Å². The van der Waals surface area contributed by atoms with E-state index in [0.717, 1.165) is 21.8 Å². The molecule has 2 rings (SSSR count). The molecule has 2 amide bonds. The monoisotopic (exact) mass is 384 g/mol. The van der Waals surface area contributed by atoms with E-state index < -0.39 is 0 Å². The number of hydrogen-bond acceptors (Lipinski definition) is 3. The summed E-state index contributed by atoms with van der Waals surface area (Å²) in [6, 6.07) is 15.3. The molecule has 5 heteroatoms. The van der Waals surface area contributed by atoms with Crippen molar-refractivity contribution >= 4 is 35.0 Å². The van der Waals surface area contributed by atoms with E-state index in [4.69, 9.17) is 0 Å². The molecule has 0 saturated heterocycles. The Bertz CT molecular complexity index is 777. The normalized spacial score (nSPS) is 12.3. The van der Waals surface area contributed by atoms with E-state index in [2.05, 4.69) is 10.6 Å². The molecule has 0 aliphatic carbocycles. The van der Waals surface area contributed by atoms with Crippen LogP contribution in [0.2, 0.25) is 0 Å². The smallest absolute Gasteiger partial charge is 0.237 e. The van der Waals surface area contributed by atoms with Gasteiger partial charge in [0.15, 0.2) is 0 Å². The minimum atomic E-state index is -0.229. The van der Waals surface area contributed by atoms with Crippen LogP contribution in [-0.4, -0.2) is 17.1 Å². The lowest BCUT2D eigenvalue weighted by molar-refractivity contribution is -0.118. The molecule has 0 bridgehead atoms. The molecular weight excluding hydrogens is 356 g/mol. The van der Waals surface area contributed by atoms with Gasteiger partial charge in [-0.05, 0) is 55.7 Å². The molecule has 4 nitrogen and oxygen atoms in total. The highest BCUT2D eigenvalue weighted by Crippen LogP contribution is 2.26. The largest absolute Gasteiger partial charge is 0.326 e. The van der Waals surface area contributed by atoms with Gasteiger partial charge in [0.05, 0.1) is 5.25 Å². The van der Waals surface area contributed by atoms with Crippen molar-refractivity contribution < 1.29 is 9.59 Å². The highest BCUT2D eigenvalue weighted by atomic mass is 32.2. The number of thioether (sulfide) groups is 1. The van der Waals surface area contributed by atoms with E-state index in [1.807, 2.05) is 83.1 Å². The number of anilines is 2. The lowest BCUT2D eigenvalue weighted by atomic mass is 9.92. The van der Waals surface area contributed by atoms with Gasteiger partial charge >= 0.3 is 0 Å². The summed E-state index contributed by atoms with van der Waals surface area (Å²) >= 11 is 1.49. The van der Waals surface area contributed by atoms with Crippen LogP contribution in [0.25, 0.3) is 0 Å². The van der Waals surface area contributed by atoms with E-state index >= 15 is 0 Å². The Morgan fingerprint density at radius 3 is 2.00 bits per heavy atom. The number of benzene rings is 2. The molecule has 2 N–H and O–H groups in total. The maximum Gasteiger partial charge on any atom is 0.237 e. The molecule has 144 valence electrons. The number of hydrogen-bond donors (Lipinski definition) is 2. The predicted molar refractivity (Wildman–Crippen MR) is 114 cm³/mol. The van der Waals surface area contributed by atoms with Gasteiger partial charge in [-0.25, -0.2) is 0 Å². The second-order valence-electron chi connectivity index (χ2n) is 7.93. The number of rotatable bonds is 6. The van der Waals surface area contributed by atoms with Crippen LogP contribution in [0.3, 0.4) is 0 Å². The van der Waals surface area contributed by atoms with Crippen molar-refractivity contribution in [2.24, 2.45) is 5.41 Å². The zero-order valence-corrected chi connectivity index (χ0v) is 17.4. The number of aryl methyl sites for hydroxylation is 1. The first-order chi connectivity index (χ1) is 12.6.